The van der Waals surface area contributed by atoms with E-state index in [2.05, 4.69) is 10.9 Å². The second-order valence-corrected chi connectivity index (χ2v) is 5.83. The molecule has 0 aliphatic carbocycles. The Morgan fingerprint density at radius 3 is 2.70 bits per heavy atom. The Morgan fingerprint density at radius 1 is 1.22 bits per heavy atom. The van der Waals surface area contributed by atoms with Gasteiger partial charge in [0.15, 0.2) is 6.61 Å². The smallest absolute Gasteiger partial charge is 0.276 e. The molecule has 2 N–H and O–H groups in total. The fourth-order valence-electron chi connectivity index (χ4n) is 1.98. The van der Waals surface area contributed by atoms with Gasteiger partial charge < -0.3 is 4.74 Å². The first-order chi connectivity index (χ1) is 12.8. The van der Waals surface area contributed by atoms with Crippen molar-refractivity contribution < 1.29 is 19.2 Å². The molecule has 0 saturated carbocycles. The monoisotopic (exact) mass is 389 g/mol. The Kier molecular flexibility index (Phi) is 6.90. The van der Waals surface area contributed by atoms with Crippen molar-refractivity contribution in [3.8, 4) is 5.75 Å². The standard InChI is InChI=1S/C18H16ClN3O5/c1-12-9-15(6-7-16(12)19)27-11-18(24)21-20-17(23)8-5-13-3-2-4-14(10-13)22(25)26/h2-10H,11H2,1H3,(H,20,23)(H,21,24)/b8-5+. The number of benzene rings is 2. The highest BCUT2D eigenvalue weighted by atomic mass is 35.5. The lowest BCUT2D eigenvalue weighted by Gasteiger charge is -2.08. The maximum absolute atomic E-state index is 11.7. The number of nitrogens with zero attached hydrogens (tertiary/aromatic N) is 1. The third-order valence-electron chi connectivity index (χ3n) is 3.33. The number of aryl methyl sites for hydroxylation is 1. The number of hydrogen-bond donors (Lipinski definition) is 2. The van der Waals surface area contributed by atoms with Gasteiger partial charge in [0.05, 0.1) is 4.92 Å². The fraction of sp³-hybridized carbons (Fsp3) is 0.111. The van der Waals surface area contributed by atoms with Gasteiger partial charge in [0.1, 0.15) is 5.75 Å². The summed E-state index contributed by atoms with van der Waals surface area (Å²) in [5.74, 6) is -0.680. The van der Waals surface area contributed by atoms with Crippen molar-refractivity contribution in [3.63, 3.8) is 0 Å². The SMILES string of the molecule is Cc1cc(OCC(=O)NNC(=O)/C=C/c2cccc([N+](=O)[O-])c2)ccc1Cl. The van der Waals surface area contributed by atoms with E-state index in [0.29, 0.717) is 16.3 Å². The van der Waals surface area contributed by atoms with Crippen LogP contribution in [0.25, 0.3) is 6.08 Å². The van der Waals surface area contributed by atoms with E-state index in [9.17, 15) is 19.7 Å². The average Bonchev–Trinajstić information content (AvgIpc) is 2.65. The number of rotatable bonds is 6. The first-order valence-corrected chi connectivity index (χ1v) is 8.13. The molecule has 2 aromatic carbocycles. The number of amides is 2. The number of halogens is 1. The van der Waals surface area contributed by atoms with Crippen molar-refractivity contribution in [3.05, 3.63) is 74.8 Å². The highest BCUT2D eigenvalue weighted by Crippen LogP contribution is 2.20. The number of non-ortho nitro benzene ring substituents is 1. The Bertz CT molecular complexity index is 898. The molecule has 0 aliphatic rings. The maximum Gasteiger partial charge on any atom is 0.276 e. The van der Waals surface area contributed by atoms with Crippen LogP contribution in [0, 0.1) is 17.0 Å². The van der Waals surface area contributed by atoms with Crippen LogP contribution in [0.5, 0.6) is 5.75 Å². The quantitative estimate of drug-likeness (QED) is 0.448. The molecular weight excluding hydrogens is 374 g/mol. The largest absolute Gasteiger partial charge is 0.484 e. The molecule has 0 saturated heterocycles. The summed E-state index contributed by atoms with van der Waals surface area (Å²) in [7, 11) is 0. The van der Waals surface area contributed by atoms with Gasteiger partial charge in [0.25, 0.3) is 17.5 Å². The van der Waals surface area contributed by atoms with Crippen LogP contribution in [0.3, 0.4) is 0 Å². The van der Waals surface area contributed by atoms with Crippen LogP contribution in [0.4, 0.5) is 5.69 Å². The van der Waals surface area contributed by atoms with Crippen LogP contribution in [0.2, 0.25) is 5.02 Å². The Morgan fingerprint density at radius 2 is 2.00 bits per heavy atom. The van der Waals surface area contributed by atoms with Gasteiger partial charge in [-0.3, -0.25) is 30.6 Å². The van der Waals surface area contributed by atoms with Crippen LogP contribution in [-0.2, 0) is 9.59 Å². The van der Waals surface area contributed by atoms with Gasteiger partial charge in [-0.2, -0.15) is 0 Å². The molecule has 0 bridgehead atoms. The number of nitrogens with one attached hydrogen (secondary N) is 2. The average molecular weight is 390 g/mol. The Balaban J connectivity index is 1.79. The minimum absolute atomic E-state index is 0.0829. The first kappa shape index (κ1) is 19.9. The number of nitro groups is 1. The van der Waals surface area contributed by atoms with E-state index in [1.807, 2.05) is 6.92 Å². The molecule has 0 heterocycles. The van der Waals surface area contributed by atoms with Gasteiger partial charge in [0.2, 0.25) is 0 Å². The number of ether oxygens (including phenoxy) is 1. The number of nitro benzene ring substituents is 1. The molecule has 2 aromatic rings. The highest BCUT2D eigenvalue weighted by molar-refractivity contribution is 6.31. The lowest BCUT2D eigenvalue weighted by molar-refractivity contribution is -0.384. The van der Waals surface area contributed by atoms with Crippen molar-refractivity contribution >= 4 is 35.2 Å². The highest BCUT2D eigenvalue weighted by Gasteiger charge is 2.06. The van der Waals surface area contributed by atoms with Crippen LogP contribution in [0.15, 0.2) is 48.5 Å². The summed E-state index contributed by atoms with van der Waals surface area (Å²) in [4.78, 5) is 33.6. The number of hydrogen-bond acceptors (Lipinski definition) is 5. The predicted molar refractivity (Wildman–Crippen MR) is 100 cm³/mol. The summed E-state index contributed by atoms with van der Waals surface area (Å²) in [6, 6.07) is 10.8. The summed E-state index contributed by atoms with van der Waals surface area (Å²) < 4.78 is 5.30. The first-order valence-electron chi connectivity index (χ1n) is 7.75. The van der Waals surface area contributed by atoms with Crippen LogP contribution >= 0.6 is 11.6 Å². The lowest BCUT2D eigenvalue weighted by Crippen LogP contribution is -2.43. The van der Waals surface area contributed by atoms with E-state index in [1.54, 1.807) is 24.3 Å². The molecule has 27 heavy (non-hydrogen) atoms. The molecule has 9 heteroatoms. The van der Waals surface area contributed by atoms with Gasteiger partial charge in [-0.25, -0.2) is 0 Å². The van der Waals surface area contributed by atoms with Crippen LogP contribution in [0.1, 0.15) is 11.1 Å². The predicted octanol–water partition coefficient (Wildman–Crippen LogP) is 2.80. The topological polar surface area (TPSA) is 111 Å². The van der Waals surface area contributed by atoms with Gasteiger partial charge in [-0.1, -0.05) is 23.7 Å². The zero-order valence-corrected chi connectivity index (χ0v) is 15.0. The molecule has 0 unspecified atom stereocenters. The van der Waals surface area contributed by atoms with E-state index in [-0.39, 0.29) is 12.3 Å². The lowest BCUT2D eigenvalue weighted by atomic mass is 10.2. The van der Waals surface area contributed by atoms with Crippen molar-refractivity contribution in [2.24, 2.45) is 0 Å². The van der Waals surface area contributed by atoms with Crippen molar-refractivity contribution in [1.82, 2.24) is 10.9 Å². The summed E-state index contributed by atoms with van der Waals surface area (Å²) >= 11 is 5.90. The molecular formula is C18H16ClN3O5. The summed E-state index contributed by atoms with van der Waals surface area (Å²) in [5.41, 5.74) is 5.59. The second kappa shape index (κ2) is 9.35. The minimum Gasteiger partial charge on any atom is -0.484 e. The number of hydrazine groups is 1. The molecule has 0 radical (unpaired) electrons. The van der Waals surface area contributed by atoms with E-state index in [4.69, 9.17) is 16.3 Å². The fourth-order valence-corrected chi connectivity index (χ4v) is 2.10. The van der Waals surface area contributed by atoms with E-state index in [1.165, 1.54) is 24.3 Å². The van der Waals surface area contributed by atoms with Crippen molar-refractivity contribution in [2.45, 2.75) is 6.92 Å². The molecule has 2 rings (SSSR count). The Hall–Kier alpha value is -3.39. The zero-order valence-electron chi connectivity index (χ0n) is 14.3. The number of carbonyl (C=O) groups is 2. The summed E-state index contributed by atoms with van der Waals surface area (Å²) in [5, 5.41) is 11.3. The molecule has 0 spiro atoms. The van der Waals surface area contributed by atoms with Gasteiger partial charge in [0, 0.05) is 23.2 Å². The minimum atomic E-state index is -0.600. The molecule has 2 amide bonds. The van der Waals surface area contributed by atoms with Crippen molar-refractivity contribution in [1.29, 1.82) is 0 Å². The Labute approximate surface area is 159 Å². The molecule has 0 fully saturated rings. The summed E-state index contributed by atoms with van der Waals surface area (Å²) in [6.45, 7) is 1.51. The third-order valence-corrected chi connectivity index (χ3v) is 3.76. The second-order valence-electron chi connectivity index (χ2n) is 5.42. The van der Waals surface area contributed by atoms with Gasteiger partial charge in [-0.15, -0.1) is 0 Å². The van der Waals surface area contributed by atoms with Crippen LogP contribution < -0.4 is 15.6 Å². The molecule has 0 aliphatic heterocycles. The molecule has 140 valence electrons. The normalized spacial score (nSPS) is 10.4. The van der Waals surface area contributed by atoms with Crippen LogP contribution in [-0.4, -0.2) is 23.3 Å². The van der Waals surface area contributed by atoms with E-state index < -0.39 is 16.7 Å². The molecule has 8 nitrogen and oxygen atoms in total. The number of carbonyl (C=O) groups excluding carboxylic acids is 2. The van der Waals surface area contributed by atoms with E-state index in [0.717, 1.165) is 11.6 Å². The van der Waals surface area contributed by atoms with Gasteiger partial charge >= 0.3 is 0 Å². The zero-order chi connectivity index (χ0) is 19.8. The van der Waals surface area contributed by atoms with Gasteiger partial charge in [-0.05, 0) is 42.3 Å². The molecule has 0 atom stereocenters. The summed E-state index contributed by atoms with van der Waals surface area (Å²) in [6.07, 6.45) is 2.53. The molecule has 0 aromatic heterocycles. The maximum atomic E-state index is 11.7. The third kappa shape index (κ3) is 6.44. The van der Waals surface area contributed by atoms with Crippen molar-refractivity contribution in [2.75, 3.05) is 6.61 Å². The van der Waals surface area contributed by atoms with E-state index >= 15 is 0 Å².